The molecule has 1 aromatic carbocycles. The number of benzene rings is 1. The Labute approximate surface area is 95.3 Å². The maximum Gasteiger partial charge on any atom is 0.164 e. The highest BCUT2D eigenvalue weighted by Crippen LogP contribution is 2.31. The summed E-state index contributed by atoms with van der Waals surface area (Å²) in [6, 6.07) is 6.34. The van der Waals surface area contributed by atoms with Crippen molar-refractivity contribution in [3.8, 4) is 0 Å². The van der Waals surface area contributed by atoms with Gasteiger partial charge in [0.05, 0.1) is 0 Å². The van der Waals surface area contributed by atoms with Crippen LogP contribution < -0.4 is 0 Å². The first-order valence-corrected chi connectivity index (χ1v) is 6.47. The maximum absolute atomic E-state index is 11.9. The number of hydrogen-bond acceptors (Lipinski definition) is 2. The number of rotatable bonds is 1. The minimum atomic E-state index is 0.317. The van der Waals surface area contributed by atoms with Crippen LogP contribution in [-0.2, 0) is 0 Å². The molecule has 0 spiro atoms. The van der Waals surface area contributed by atoms with Gasteiger partial charge in [0.25, 0.3) is 0 Å². The van der Waals surface area contributed by atoms with Gasteiger partial charge in [0.1, 0.15) is 0 Å². The Morgan fingerprint density at radius 3 is 2.87 bits per heavy atom. The molecule has 2 rings (SSSR count). The monoisotopic (exact) mass is 220 g/mol. The Balaban J connectivity index is 2.44. The minimum Gasteiger partial charge on any atom is -0.294 e. The largest absolute Gasteiger partial charge is 0.294 e. The standard InChI is InChI=1S/C13H16OS/c1-9(2)10-5-6-13-11(8-10)12(14)4-3-7-15-13/h5-6,8-9H,3-4,7H2,1-2H3. The van der Waals surface area contributed by atoms with E-state index in [1.165, 1.54) is 10.5 Å². The molecule has 0 unspecified atom stereocenters. The number of carbonyl (C=O) groups excluding carboxylic acids is 1. The molecule has 0 saturated heterocycles. The van der Waals surface area contributed by atoms with Crippen LogP contribution in [-0.4, -0.2) is 11.5 Å². The van der Waals surface area contributed by atoms with E-state index in [-0.39, 0.29) is 0 Å². The molecule has 15 heavy (non-hydrogen) atoms. The Kier molecular flexibility index (Phi) is 3.15. The second-order valence-corrected chi connectivity index (χ2v) is 5.42. The van der Waals surface area contributed by atoms with Gasteiger partial charge in [-0.05, 0) is 35.8 Å². The lowest BCUT2D eigenvalue weighted by Crippen LogP contribution is -2.00. The SMILES string of the molecule is CC(C)c1ccc2c(c1)C(=O)CCCS2. The minimum absolute atomic E-state index is 0.317. The van der Waals surface area contributed by atoms with Gasteiger partial charge in [0.15, 0.2) is 5.78 Å². The zero-order chi connectivity index (χ0) is 10.8. The van der Waals surface area contributed by atoms with E-state index in [0.29, 0.717) is 18.1 Å². The highest BCUT2D eigenvalue weighted by atomic mass is 32.2. The number of fused-ring (bicyclic) bond motifs is 1. The molecule has 0 atom stereocenters. The second-order valence-electron chi connectivity index (χ2n) is 4.29. The molecule has 1 aliphatic rings. The molecule has 1 nitrogen and oxygen atoms in total. The summed E-state index contributed by atoms with van der Waals surface area (Å²) in [6.07, 6.45) is 1.72. The van der Waals surface area contributed by atoms with E-state index >= 15 is 0 Å². The zero-order valence-corrected chi connectivity index (χ0v) is 10.1. The average molecular weight is 220 g/mol. The van der Waals surface area contributed by atoms with Crippen LogP contribution in [0.3, 0.4) is 0 Å². The molecular weight excluding hydrogens is 204 g/mol. The molecule has 0 fully saturated rings. The molecular formula is C13H16OS. The highest BCUT2D eigenvalue weighted by molar-refractivity contribution is 7.99. The first-order valence-electron chi connectivity index (χ1n) is 5.48. The summed E-state index contributed by atoms with van der Waals surface area (Å²) in [4.78, 5) is 13.0. The summed E-state index contributed by atoms with van der Waals surface area (Å²) in [6.45, 7) is 4.33. The molecule has 1 heterocycles. The van der Waals surface area contributed by atoms with Crippen LogP contribution in [0.2, 0.25) is 0 Å². The quantitative estimate of drug-likeness (QED) is 0.714. The fourth-order valence-corrected chi connectivity index (χ4v) is 2.80. The van der Waals surface area contributed by atoms with E-state index in [1.807, 2.05) is 11.8 Å². The molecule has 1 aromatic rings. The van der Waals surface area contributed by atoms with Gasteiger partial charge in [-0.2, -0.15) is 0 Å². The number of carbonyl (C=O) groups is 1. The van der Waals surface area contributed by atoms with Crippen molar-refractivity contribution in [2.24, 2.45) is 0 Å². The molecule has 1 aliphatic heterocycles. The number of thioether (sulfide) groups is 1. The molecule has 0 aromatic heterocycles. The van der Waals surface area contributed by atoms with Gasteiger partial charge in [-0.25, -0.2) is 0 Å². The molecule has 0 aliphatic carbocycles. The van der Waals surface area contributed by atoms with Crippen LogP contribution in [0.25, 0.3) is 0 Å². The molecule has 2 heteroatoms. The van der Waals surface area contributed by atoms with Crippen LogP contribution in [0.4, 0.5) is 0 Å². The fraction of sp³-hybridized carbons (Fsp3) is 0.462. The molecule has 0 saturated carbocycles. The van der Waals surface area contributed by atoms with Gasteiger partial charge >= 0.3 is 0 Å². The molecule has 0 amide bonds. The van der Waals surface area contributed by atoms with Crippen molar-refractivity contribution in [3.05, 3.63) is 29.3 Å². The van der Waals surface area contributed by atoms with Crippen molar-refractivity contribution in [3.63, 3.8) is 0 Å². The third-order valence-electron chi connectivity index (χ3n) is 2.78. The van der Waals surface area contributed by atoms with Crippen molar-refractivity contribution < 1.29 is 4.79 Å². The van der Waals surface area contributed by atoms with Gasteiger partial charge < -0.3 is 0 Å². The van der Waals surface area contributed by atoms with E-state index < -0.39 is 0 Å². The van der Waals surface area contributed by atoms with E-state index in [2.05, 4.69) is 32.0 Å². The Morgan fingerprint density at radius 2 is 2.13 bits per heavy atom. The lowest BCUT2D eigenvalue weighted by molar-refractivity contribution is 0.0980. The predicted octanol–water partition coefficient (Wildman–Crippen LogP) is 3.88. The zero-order valence-electron chi connectivity index (χ0n) is 9.25. The van der Waals surface area contributed by atoms with Gasteiger partial charge in [0.2, 0.25) is 0 Å². The Hall–Kier alpha value is -0.760. The van der Waals surface area contributed by atoms with Crippen LogP contribution in [0, 0.1) is 0 Å². The van der Waals surface area contributed by atoms with E-state index in [1.54, 1.807) is 0 Å². The average Bonchev–Trinajstić information content (AvgIpc) is 2.40. The third-order valence-corrected chi connectivity index (χ3v) is 3.94. The maximum atomic E-state index is 11.9. The van der Waals surface area contributed by atoms with Gasteiger partial charge in [0, 0.05) is 16.9 Å². The number of ketones is 1. The normalized spacial score (nSPS) is 16.3. The highest BCUT2D eigenvalue weighted by Gasteiger charge is 2.16. The lowest BCUT2D eigenvalue weighted by atomic mass is 9.98. The van der Waals surface area contributed by atoms with Crippen molar-refractivity contribution >= 4 is 17.5 Å². The summed E-state index contributed by atoms with van der Waals surface area (Å²) in [5, 5.41) is 0. The van der Waals surface area contributed by atoms with Crippen molar-refractivity contribution in [2.75, 3.05) is 5.75 Å². The topological polar surface area (TPSA) is 17.1 Å². The smallest absolute Gasteiger partial charge is 0.164 e. The molecule has 0 bridgehead atoms. The van der Waals surface area contributed by atoms with Gasteiger partial charge in [-0.15, -0.1) is 11.8 Å². The van der Waals surface area contributed by atoms with Crippen LogP contribution in [0.15, 0.2) is 23.1 Å². The second kappa shape index (κ2) is 4.40. The van der Waals surface area contributed by atoms with Crippen molar-refractivity contribution in [1.29, 1.82) is 0 Å². The van der Waals surface area contributed by atoms with Crippen LogP contribution >= 0.6 is 11.8 Å². The summed E-state index contributed by atoms with van der Waals surface area (Å²) >= 11 is 1.81. The Bertz CT molecular complexity index is 382. The van der Waals surface area contributed by atoms with Crippen LogP contribution in [0.1, 0.15) is 48.5 Å². The van der Waals surface area contributed by atoms with E-state index in [0.717, 1.165) is 17.7 Å². The Morgan fingerprint density at radius 1 is 1.33 bits per heavy atom. The van der Waals surface area contributed by atoms with Gasteiger partial charge in [-0.3, -0.25) is 4.79 Å². The van der Waals surface area contributed by atoms with Crippen molar-refractivity contribution in [2.45, 2.75) is 37.5 Å². The summed E-state index contributed by atoms with van der Waals surface area (Å²) in [5.41, 5.74) is 2.22. The number of Topliss-reactive ketones (excluding diaryl/α,β-unsaturated/α-hetero) is 1. The molecule has 0 N–H and O–H groups in total. The number of hydrogen-bond donors (Lipinski definition) is 0. The first-order chi connectivity index (χ1) is 7.18. The van der Waals surface area contributed by atoms with Gasteiger partial charge in [-0.1, -0.05) is 19.9 Å². The lowest BCUT2D eigenvalue weighted by Gasteiger charge is -2.09. The summed E-state index contributed by atoms with van der Waals surface area (Å²) in [5.74, 6) is 1.88. The first kappa shape index (κ1) is 10.7. The molecule has 80 valence electrons. The van der Waals surface area contributed by atoms with Crippen molar-refractivity contribution in [1.82, 2.24) is 0 Å². The summed E-state index contributed by atoms with van der Waals surface area (Å²) < 4.78 is 0. The fourth-order valence-electron chi connectivity index (χ4n) is 1.80. The van der Waals surface area contributed by atoms with E-state index in [4.69, 9.17) is 0 Å². The summed E-state index contributed by atoms with van der Waals surface area (Å²) in [7, 11) is 0. The molecule has 0 radical (unpaired) electrons. The van der Waals surface area contributed by atoms with E-state index in [9.17, 15) is 4.79 Å². The third kappa shape index (κ3) is 2.25. The predicted molar refractivity (Wildman–Crippen MR) is 64.8 cm³/mol. The van der Waals surface area contributed by atoms with Crippen LogP contribution in [0.5, 0.6) is 0 Å².